The van der Waals surface area contributed by atoms with Crippen LogP contribution in [-0.4, -0.2) is 59.0 Å². The number of hydrogen-bond acceptors (Lipinski definition) is 5. The summed E-state index contributed by atoms with van der Waals surface area (Å²) in [6.07, 6.45) is 1.83. The van der Waals surface area contributed by atoms with Crippen LogP contribution >= 0.6 is 11.3 Å². The van der Waals surface area contributed by atoms with E-state index in [-0.39, 0.29) is 18.0 Å². The lowest BCUT2D eigenvalue weighted by Crippen LogP contribution is -2.52. The monoisotopic (exact) mass is 410 g/mol. The van der Waals surface area contributed by atoms with Crippen molar-refractivity contribution in [2.45, 2.75) is 25.9 Å². The van der Waals surface area contributed by atoms with Crippen molar-refractivity contribution in [1.82, 2.24) is 20.0 Å². The van der Waals surface area contributed by atoms with Crippen molar-refractivity contribution < 1.29 is 9.53 Å². The molecule has 0 radical (unpaired) electrons. The Morgan fingerprint density at radius 2 is 1.90 bits per heavy atom. The number of ether oxygens (including phenoxy) is 1. The number of thiophene rings is 1. The molecule has 1 aromatic carbocycles. The molecule has 2 aromatic heterocycles. The first-order chi connectivity index (χ1) is 14.1. The number of morpholine rings is 1. The third-order valence-corrected chi connectivity index (χ3v) is 6.31. The molecule has 6 nitrogen and oxygen atoms in total. The van der Waals surface area contributed by atoms with Crippen molar-refractivity contribution in [2.24, 2.45) is 0 Å². The third-order valence-electron chi connectivity index (χ3n) is 5.44. The van der Waals surface area contributed by atoms with Gasteiger partial charge in [-0.25, -0.2) is 4.68 Å². The normalized spacial score (nSPS) is 17.0. The first-order valence-corrected chi connectivity index (χ1v) is 10.8. The Labute approximate surface area is 175 Å². The van der Waals surface area contributed by atoms with E-state index in [4.69, 9.17) is 9.84 Å². The molecule has 3 heterocycles. The van der Waals surface area contributed by atoms with Crippen molar-refractivity contribution in [3.05, 3.63) is 59.6 Å². The summed E-state index contributed by atoms with van der Waals surface area (Å²) < 4.78 is 7.22. The first-order valence-electron chi connectivity index (χ1n) is 9.95. The maximum absolute atomic E-state index is 13.2. The van der Waals surface area contributed by atoms with Crippen molar-refractivity contribution in [3.8, 4) is 16.3 Å². The summed E-state index contributed by atoms with van der Waals surface area (Å²) in [5.74, 6) is -0.0943. The molecular weight excluding hydrogens is 384 g/mol. The predicted octanol–water partition coefficient (Wildman–Crippen LogP) is 3.44. The van der Waals surface area contributed by atoms with Crippen LogP contribution in [0.2, 0.25) is 0 Å². The van der Waals surface area contributed by atoms with Gasteiger partial charge < -0.3 is 10.1 Å². The number of amides is 1. The molecule has 0 spiro atoms. The van der Waals surface area contributed by atoms with Gasteiger partial charge in [-0.3, -0.25) is 9.69 Å². The van der Waals surface area contributed by atoms with Gasteiger partial charge in [0.15, 0.2) is 0 Å². The van der Waals surface area contributed by atoms with E-state index in [1.165, 1.54) is 0 Å². The smallest absolute Gasteiger partial charge is 0.255 e. The molecule has 0 bridgehead atoms. The van der Waals surface area contributed by atoms with E-state index in [0.717, 1.165) is 36.9 Å². The number of carbonyl (C=O) groups is 1. The largest absolute Gasteiger partial charge is 0.379 e. The van der Waals surface area contributed by atoms with Crippen molar-refractivity contribution in [2.75, 3.05) is 26.3 Å². The van der Waals surface area contributed by atoms with Gasteiger partial charge in [0.25, 0.3) is 5.91 Å². The second-order valence-corrected chi connectivity index (χ2v) is 8.25. The molecule has 2 unspecified atom stereocenters. The summed E-state index contributed by atoms with van der Waals surface area (Å²) in [5, 5.41) is 9.92. The number of rotatable bonds is 6. The number of nitrogens with one attached hydrogen (secondary N) is 1. The van der Waals surface area contributed by atoms with Crippen molar-refractivity contribution in [1.29, 1.82) is 0 Å². The lowest BCUT2D eigenvalue weighted by molar-refractivity contribution is 0.0137. The highest BCUT2D eigenvalue weighted by Gasteiger charge is 2.26. The van der Waals surface area contributed by atoms with E-state index in [2.05, 4.69) is 24.1 Å². The minimum absolute atomic E-state index is 0.0110. The highest BCUT2D eigenvalue weighted by molar-refractivity contribution is 7.13. The zero-order chi connectivity index (χ0) is 20.2. The van der Waals surface area contributed by atoms with Crippen LogP contribution in [0, 0.1) is 0 Å². The van der Waals surface area contributed by atoms with Gasteiger partial charge in [0.05, 0.1) is 29.3 Å². The molecule has 152 valence electrons. The Hall–Kier alpha value is -2.48. The van der Waals surface area contributed by atoms with Gasteiger partial charge in [-0.2, -0.15) is 5.10 Å². The fourth-order valence-corrected chi connectivity index (χ4v) is 4.28. The maximum Gasteiger partial charge on any atom is 0.255 e. The fourth-order valence-electron chi connectivity index (χ4n) is 3.55. The molecule has 1 fully saturated rings. The first kappa shape index (κ1) is 19.8. The Morgan fingerprint density at radius 1 is 1.14 bits per heavy atom. The van der Waals surface area contributed by atoms with Crippen LogP contribution in [0.15, 0.2) is 54.0 Å². The van der Waals surface area contributed by atoms with E-state index < -0.39 is 0 Å². The SMILES string of the molecule is CC(NC(=O)c1cn(-c2ccccc2)nc1-c1cccs1)C(C)N1CCOCC1. The summed E-state index contributed by atoms with van der Waals surface area (Å²) in [6, 6.07) is 14.1. The summed E-state index contributed by atoms with van der Waals surface area (Å²) in [5.41, 5.74) is 2.24. The van der Waals surface area contributed by atoms with Crippen LogP contribution in [0.25, 0.3) is 16.3 Å². The molecule has 1 N–H and O–H groups in total. The van der Waals surface area contributed by atoms with Crippen molar-refractivity contribution >= 4 is 17.2 Å². The number of aromatic nitrogens is 2. The zero-order valence-electron chi connectivity index (χ0n) is 16.7. The highest BCUT2D eigenvalue weighted by Crippen LogP contribution is 2.28. The molecule has 0 aliphatic carbocycles. The van der Waals surface area contributed by atoms with Crippen LogP contribution in [0.3, 0.4) is 0 Å². The number of carbonyl (C=O) groups excluding carboxylic acids is 1. The van der Waals surface area contributed by atoms with Gasteiger partial charge in [-0.15, -0.1) is 11.3 Å². The van der Waals surface area contributed by atoms with E-state index in [0.29, 0.717) is 11.3 Å². The van der Waals surface area contributed by atoms with Crippen molar-refractivity contribution in [3.63, 3.8) is 0 Å². The molecule has 3 aromatic rings. The number of nitrogens with zero attached hydrogens (tertiary/aromatic N) is 3. The van der Waals surface area contributed by atoms with Crippen LogP contribution in [-0.2, 0) is 4.74 Å². The molecule has 0 saturated carbocycles. The second kappa shape index (κ2) is 8.90. The summed E-state index contributed by atoms with van der Waals surface area (Å²) >= 11 is 1.59. The summed E-state index contributed by atoms with van der Waals surface area (Å²) in [6.45, 7) is 7.50. The Kier molecular flexibility index (Phi) is 6.08. The molecule has 2 atom stereocenters. The van der Waals surface area contributed by atoms with Crippen LogP contribution in [0.5, 0.6) is 0 Å². The topological polar surface area (TPSA) is 59.4 Å². The van der Waals surface area contributed by atoms with Gasteiger partial charge in [0.2, 0.25) is 0 Å². The van der Waals surface area contributed by atoms with Gasteiger partial charge >= 0.3 is 0 Å². The van der Waals surface area contributed by atoms with Gasteiger partial charge in [0.1, 0.15) is 5.69 Å². The lowest BCUT2D eigenvalue weighted by Gasteiger charge is -2.35. The number of benzene rings is 1. The predicted molar refractivity (Wildman–Crippen MR) is 116 cm³/mol. The molecule has 29 heavy (non-hydrogen) atoms. The summed E-state index contributed by atoms with van der Waals surface area (Å²) in [4.78, 5) is 16.5. The minimum atomic E-state index is -0.0943. The number of para-hydroxylation sites is 1. The third kappa shape index (κ3) is 4.42. The molecule has 7 heteroatoms. The fraction of sp³-hybridized carbons (Fsp3) is 0.364. The Bertz CT molecular complexity index is 933. The average Bonchev–Trinajstić information content (AvgIpc) is 3.44. The zero-order valence-corrected chi connectivity index (χ0v) is 17.6. The van der Waals surface area contributed by atoms with Crippen LogP contribution in [0.4, 0.5) is 0 Å². The molecule has 4 rings (SSSR count). The quantitative estimate of drug-likeness (QED) is 0.676. The molecule has 1 aliphatic rings. The van der Waals surface area contributed by atoms with Gasteiger partial charge in [-0.05, 0) is 37.4 Å². The molecule has 1 saturated heterocycles. The standard InChI is InChI=1S/C22H26N4O2S/c1-16(17(2)25-10-12-28-13-11-25)23-22(27)19-15-26(18-7-4-3-5-8-18)24-21(19)20-9-6-14-29-20/h3-9,14-17H,10-13H2,1-2H3,(H,23,27). The average molecular weight is 411 g/mol. The highest BCUT2D eigenvalue weighted by atomic mass is 32.1. The van der Waals surface area contributed by atoms with Crippen LogP contribution in [0.1, 0.15) is 24.2 Å². The van der Waals surface area contributed by atoms with Gasteiger partial charge in [0, 0.05) is 31.4 Å². The number of hydrogen-bond donors (Lipinski definition) is 1. The summed E-state index contributed by atoms with van der Waals surface area (Å²) in [7, 11) is 0. The van der Waals surface area contributed by atoms with E-state index >= 15 is 0 Å². The van der Waals surface area contributed by atoms with E-state index in [1.807, 2.05) is 54.0 Å². The maximum atomic E-state index is 13.2. The molecular formula is C22H26N4O2S. The van der Waals surface area contributed by atoms with Gasteiger partial charge in [-0.1, -0.05) is 24.3 Å². The minimum Gasteiger partial charge on any atom is -0.379 e. The van der Waals surface area contributed by atoms with E-state index in [1.54, 1.807) is 16.0 Å². The van der Waals surface area contributed by atoms with Crippen LogP contribution < -0.4 is 5.32 Å². The lowest BCUT2D eigenvalue weighted by atomic mass is 10.1. The Morgan fingerprint density at radius 3 is 2.59 bits per heavy atom. The Balaban J connectivity index is 1.57. The van der Waals surface area contributed by atoms with E-state index in [9.17, 15) is 4.79 Å². The molecule has 1 amide bonds. The second-order valence-electron chi connectivity index (χ2n) is 7.30. The molecule has 1 aliphatic heterocycles.